The first-order valence-electron chi connectivity index (χ1n) is 9.50. The number of alkyl halides is 3. The maximum absolute atomic E-state index is 12.9. The van der Waals surface area contributed by atoms with Gasteiger partial charge in [0.1, 0.15) is 0 Å². The molecule has 1 unspecified atom stereocenters. The highest BCUT2D eigenvalue weighted by molar-refractivity contribution is 6.00. The molecule has 31 heavy (non-hydrogen) atoms. The van der Waals surface area contributed by atoms with Crippen LogP contribution in [-0.2, 0) is 20.6 Å². The zero-order chi connectivity index (χ0) is 22.6. The third-order valence-electron chi connectivity index (χ3n) is 4.81. The van der Waals surface area contributed by atoms with E-state index in [2.05, 4.69) is 16.2 Å². The Hall–Kier alpha value is -3.56. The number of aryl methyl sites for hydroxylation is 1. The van der Waals surface area contributed by atoms with Gasteiger partial charge >= 0.3 is 6.18 Å². The maximum Gasteiger partial charge on any atom is 0.416 e. The lowest BCUT2D eigenvalue weighted by molar-refractivity contribution is -0.137. The van der Waals surface area contributed by atoms with E-state index >= 15 is 0 Å². The number of anilines is 2. The van der Waals surface area contributed by atoms with Gasteiger partial charge in [0.2, 0.25) is 11.8 Å². The van der Waals surface area contributed by atoms with E-state index in [4.69, 9.17) is 0 Å². The molecule has 1 aliphatic heterocycles. The predicted molar refractivity (Wildman–Crippen MR) is 108 cm³/mol. The molecule has 0 radical (unpaired) electrons. The highest BCUT2D eigenvalue weighted by atomic mass is 19.4. The van der Waals surface area contributed by atoms with Gasteiger partial charge in [-0.15, -0.1) is 0 Å². The molecular weight excluding hydrogens is 413 g/mol. The fourth-order valence-electron chi connectivity index (χ4n) is 3.11. The van der Waals surface area contributed by atoms with Crippen LogP contribution in [0.4, 0.5) is 24.5 Å². The van der Waals surface area contributed by atoms with E-state index in [1.165, 1.54) is 12.1 Å². The van der Waals surface area contributed by atoms with Gasteiger partial charge in [-0.3, -0.25) is 25.2 Å². The first kappa shape index (κ1) is 22.1. The van der Waals surface area contributed by atoms with Gasteiger partial charge in [0.15, 0.2) is 0 Å². The molecule has 0 spiro atoms. The van der Waals surface area contributed by atoms with Gasteiger partial charge in [-0.05, 0) is 37.3 Å². The number of carbonyl (C=O) groups excluding carboxylic acids is 3. The molecule has 3 N–H and O–H groups in total. The number of nitrogens with zero attached hydrogens (tertiary/aromatic N) is 1. The van der Waals surface area contributed by atoms with Crippen LogP contribution in [0, 0.1) is 12.8 Å². The van der Waals surface area contributed by atoms with Crippen LogP contribution in [0.25, 0.3) is 0 Å². The minimum atomic E-state index is -4.54. The first-order valence-corrected chi connectivity index (χ1v) is 9.50. The number of hydrogen-bond acceptors (Lipinski definition) is 4. The molecule has 3 rings (SSSR count). The van der Waals surface area contributed by atoms with Crippen molar-refractivity contribution in [2.45, 2.75) is 19.5 Å². The standard InChI is InChI=1S/C21H21F3N4O3/c1-13-5-7-16(8-6-13)25-11-18(29)26-27-20(31)14-9-19(30)28(12-14)17-4-2-3-15(10-17)21(22,23)24/h2-8,10,14,25H,9,11-12H2,1H3,(H,26,29)(H,27,31). The van der Waals surface area contributed by atoms with Crippen LogP contribution < -0.4 is 21.1 Å². The third-order valence-corrected chi connectivity index (χ3v) is 4.81. The molecule has 7 nitrogen and oxygen atoms in total. The summed E-state index contributed by atoms with van der Waals surface area (Å²) in [7, 11) is 0. The summed E-state index contributed by atoms with van der Waals surface area (Å²) in [6, 6.07) is 11.8. The van der Waals surface area contributed by atoms with Crippen molar-refractivity contribution in [2.75, 3.05) is 23.3 Å². The minimum Gasteiger partial charge on any atom is -0.376 e. The number of carbonyl (C=O) groups is 3. The van der Waals surface area contributed by atoms with E-state index < -0.39 is 35.4 Å². The lowest BCUT2D eigenvalue weighted by Crippen LogP contribution is -2.47. The van der Waals surface area contributed by atoms with E-state index in [0.717, 1.165) is 28.3 Å². The molecule has 1 atom stereocenters. The summed E-state index contributed by atoms with van der Waals surface area (Å²) in [4.78, 5) is 37.6. The molecule has 0 aliphatic carbocycles. The van der Waals surface area contributed by atoms with Gasteiger partial charge in [-0.1, -0.05) is 23.8 Å². The van der Waals surface area contributed by atoms with Gasteiger partial charge in [0, 0.05) is 24.3 Å². The zero-order valence-electron chi connectivity index (χ0n) is 16.6. The second kappa shape index (κ2) is 9.07. The van der Waals surface area contributed by atoms with Crippen LogP contribution in [0.2, 0.25) is 0 Å². The van der Waals surface area contributed by atoms with Gasteiger partial charge in [0.25, 0.3) is 5.91 Å². The maximum atomic E-state index is 12.9. The number of rotatable bonds is 5. The van der Waals surface area contributed by atoms with E-state index in [1.807, 2.05) is 31.2 Å². The normalized spacial score (nSPS) is 16.2. The van der Waals surface area contributed by atoms with Crippen LogP contribution in [0.1, 0.15) is 17.5 Å². The molecule has 3 amide bonds. The molecule has 10 heteroatoms. The Morgan fingerprint density at radius 1 is 1.10 bits per heavy atom. The van der Waals surface area contributed by atoms with E-state index in [0.29, 0.717) is 0 Å². The van der Waals surface area contributed by atoms with Crippen LogP contribution in [0.15, 0.2) is 48.5 Å². The summed E-state index contributed by atoms with van der Waals surface area (Å²) in [6.45, 7) is 1.78. The summed E-state index contributed by atoms with van der Waals surface area (Å²) < 4.78 is 38.7. The molecule has 1 saturated heterocycles. The quantitative estimate of drug-likeness (QED) is 0.631. The lowest BCUT2D eigenvalue weighted by atomic mass is 10.1. The average Bonchev–Trinajstić information content (AvgIpc) is 3.13. The molecule has 1 fully saturated rings. The monoisotopic (exact) mass is 434 g/mol. The van der Waals surface area contributed by atoms with Gasteiger partial charge < -0.3 is 10.2 Å². The summed E-state index contributed by atoms with van der Waals surface area (Å²) in [6.07, 6.45) is -4.70. The van der Waals surface area contributed by atoms with E-state index in [1.54, 1.807) is 0 Å². The number of benzene rings is 2. The van der Waals surface area contributed by atoms with Gasteiger partial charge in [0.05, 0.1) is 18.0 Å². The Balaban J connectivity index is 1.51. The molecule has 164 valence electrons. The predicted octanol–water partition coefficient (Wildman–Crippen LogP) is 2.63. The van der Waals surface area contributed by atoms with Crippen molar-refractivity contribution in [1.29, 1.82) is 0 Å². The largest absolute Gasteiger partial charge is 0.416 e. The molecule has 0 bridgehead atoms. The van der Waals surface area contributed by atoms with Gasteiger partial charge in [-0.25, -0.2) is 0 Å². The van der Waals surface area contributed by atoms with Crippen LogP contribution in [0.3, 0.4) is 0 Å². The van der Waals surface area contributed by atoms with Crippen molar-refractivity contribution in [3.05, 3.63) is 59.7 Å². The fraction of sp³-hybridized carbons (Fsp3) is 0.286. The number of hydrazine groups is 1. The van der Waals surface area contributed by atoms with Gasteiger partial charge in [-0.2, -0.15) is 13.2 Å². The van der Waals surface area contributed by atoms with Crippen molar-refractivity contribution in [2.24, 2.45) is 5.92 Å². The average molecular weight is 434 g/mol. The molecular formula is C21H21F3N4O3. The van der Waals surface area contributed by atoms with Crippen molar-refractivity contribution < 1.29 is 27.6 Å². The fourth-order valence-corrected chi connectivity index (χ4v) is 3.11. The van der Waals surface area contributed by atoms with Crippen molar-refractivity contribution in [1.82, 2.24) is 10.9 Å². The van der Waals surface area contributed by atoms with Crippen LogP contribution >= 0.6 is 0 Å². The van der Waals surface area contributed by atoms with Crippen LogP contribution in [0.5, 0.6) is 0 Å². The summed E-state index contributed by atoms with van der Waals surface area (Å²) in [5.41, 5.74) is 5.53. The molecule has 1 aliphatic rings. The number of amides is 3. The first-order chi connectivity index (χ1) is 14.6. The second-order valence-corrected chi connectivity index (χ2v) is 7.21. The van der Waals surface area contributed by atoms with E-state index in [-0.39, 0.29) is 25.2 Å². The molecule has 1 heterocycles. The second-order valence-electron chi connectivity index (χ2n) is 7.21. The smallest absolute Gasteiger partial charge is 0.376 e. The van der Waals surface area contributed by atoms with Crippen LogP contribution in [-0.4, -0.2) is 30.8 Å². The third kappa shape index (κ3) is 5.74. The summed E-state index contributed by atoms with van der Waals surface area (Å²) in [5.74, 6) is -2.35. The Bertz CT molecular complexity index is 977. The Morgan fingerprint density at radius 2 is 1.81 bits per heavy atom. The van der Waals surface area contributed by atoms with Crippen molar-refractivity contribution in [3.8, 4) is 0 Å². The van der Waals surface area contributed by atoms with Crippen molar-refractivity contribution >= 4 is 29.1 Å². The topological polar surface area (TPSA) is 90.5 Å². The number of nitrogens with one attached hydrogen (secondary N) is 3. The molecule has 0 aromatic heterocycles. The Kier molecular flexibility index (Phi) is 6.47. The Labute approximate surface area is 176 Å². The molecule has 0 saturated carbocycles. The molecule has 2 aromatic rings. The Morgan fingerprint density at radius 3 is 2.48 bits per heavy atom. The lowest BCUT2D eigenvalue weighted by Gasteiger charge is -2.18. The highest BCUT2D eigenvalue weighted by Crippen LogP contribution is 2.33. The van der Waals surface area contributed by atoms with Crippen molar-refractivity contribution in [3.63, 3.8) is 0 Å². The van der Waals surface area contributed by atoms with E-state index in [9.17, 15) is 27.6 Å². The highest BCUT2D eigenvalue weighted by Gasteiger charge is 2.37. The SMILES string of the molecule is Cc1ccc(NCC(=O)NNC(=O)C2CC(=O)N(c3cccc(C(F)(F)F)c3)C2)cc1. The minimum absolute atomic E-state index is 0.0708. The molecule has 2 aromatic carbocycles. The summed E-state index contributed by atoms with van der Waals surface area (Å²) >= 11 is 0. The number of halogens is 3. The number of hydrogen-bond donors (Lipinski definition) is 3. The summed E-state index contributed by atoms with van der Waals surface area (Å²) in [5, 5.41) is 2.90. The zero-order valence-corrected chi connectivity index (χ0v) is 16.6.